The molecular formula is C11H17N3O3. The van der Waals surface area contributed by atoms with Gasteiger partial charge in [-0.1, -0.05) is 5.16 Å². The number of carbonyl (C=O) groups is 1. The standard InChI is InChI=1S/C11H17N3O3/c1-13(2)8-3-4-14(6-8)7-9-5-10(11(15)16)12-17-9/h5,8H,3-4,6-7H2,1-2H3,(H,15,16). The van der Waals surface area contributed by atoms with Crippen LogP contribution in [-0.2, 0) is 6.54 Å². The number of hydrogen-bond acceptors (Lipinski definition) is 5. The number of carboxylic acids is 1. The summed E-state index contributed by atoms with van der Waals surface area (Å²) in [6.45, 7) is 2.62. The highest BCUT2D eigenvalue weighted by Gasteiger charge is 2.25. The Kier molecular flexibility index (Phi) is 3.44. The number of rotatable bonds is 4. The van der Waals surface area contributed by atoms with E-state index in [4.69, 9.17) is 9.63 Å². The molecule has 1 atom stereocenters. The van der Waals surface area contributed by atoms with Crippen LogP contribution in [0.1, 0.15) is 22.7 Å². The van der Waals surface area contributed by atoms with E-state index in [1.165, 1.54) is 6.07 Å². The van der Waals surface area contributed by atoms with Gasteiger partial charge in [-0.25, -0.2) is 4.79 Å². The molecule has 0 aliphatic carbocycles. The van der Waals surface area contributed by atoms with E-state index in [2.05, 4.69) is 29.1 Å². The first-order chi connectivity index (χ1) is 8.06. The normalized spacial score (nSPS) is 21.2. The predicted molar refractivity (Wildman–Crippen MR) is 60.8 cm³/mol. The molecule has 0 amide bonds. The molecule has 1 aromatic rings. The molecule has 0 radical (unpaired) electrons. The van der Waals surface area contributed by atoms with Crippen LogP contribution in [0.5, 0.6) is 0 Å². The van der Waals surface area contributed by atoms with E-state index in [0.717, 1.165) is 19.5 Å². The lowest BCUT2D eigenvalue weighted by Gasteiger charge is -2.19. The van der Waals surface area contributed by atoms with E-state index >= 15 is 0 Å². The number of aromatic nitrogens is 1. The van der Waals surface area contributed by atoms with Crippen molar-refractivity contribution in [1.82, 2.24) is 15.0 Å². The Morgan fingerprint density at radius 1 is 1.71 bits per heavy atom. The summed E-state index contributed by atoms with van der Waals surface area (Å²) in [5, 5.41) is 12.2. The van der Waals surface area contributed by atoms with Gasteiger partial charge in [-0.15, -0.1) is 0 Å². The second-order valence-electron chi connectivity index (χ2n) is 4.62. The SMILES string of the molecule is CN(C)C1CCN(Cc2cc(C(=O)O)no2)C1. The van der Waals surface area contributed by atoms with Crippen LogP contribution in [0.15, 0.2) is 10.6 Å². The summed E-state index contributed by atoms with van der Waals surface area (Å²) < 4.78 is 5.00. The molecule has 2 rings (SSSR count). The summed E-state index contributed by atoms with van der Waals surface area (Å²) in [4.78, 5) is 15.1. The molecule has 6 nitrogen and oxygen atoms in total. The average molecular weight is 239 g/mol. The van der Waals surface area contributed by atoms with Gasteiger partial charge in [0.05, 0.1) is 6.54 Å². The van der Waals surface area contributed by atoms with Crippen molar-refractivity contribution < 1.29 is 14.4 Å². The summed E-state index contributed by atoms with van der Waals surface area (Å²) in [6, 6.07) is 2.06. The van der Waals surface area contributed by atoms with Crippen molar-refractivity contribution in [2.75, 3.05) is 27.2 Å². The topological polar surface area (TPSA) is 69.8 Å². The van der Waals surface area contributed by atoms with Crippen LogP contribution in [0.25, 0.3) is 0 Å². The molecule has 0 aromatic carbocycles. The van der Waals surface area contributed by atoms with E-state index in [1.54, 1.807) is 0 Å². The van der Waals surface area contributed by atoms with Crippen LogP contribution < -0.4 is 0 Å². The van der Waals surface area contributed by atoms with E-state index in [9.17, 15) is 4.79 Å². The van der Waals surface area contributed by atoms with Crippen LogP contribution in [-0.4, -0.2) is 59.3 Å². The number of aromatic carboxylic acids is 1. The Bertz CT molecular complexity index is 402. The molecule has 6 heteroatoms. The van der Waals surface area contributed by atoms with Gasteiger partial charge in [0.1, 0.15) is 0 Å². The lowest BCUT2D eigenvalue weighted by molar-refractivity contribution is 0.0685. The zero-order chi connectivity index (χ0) is 12.4. The molecule has 1 unspecified atom stereocenters. The molecule has 1 aliphatic heterocycles. The van der Waals surface area contributed by atoms with Crippen LogP contribution in [0.4, 0.5) is 0 Å². The minimum absolute atomic E-state index is 0.0247. The van der Waals surface area contributed by atoms with Gasteiger partial charge in [-0.05, 0) is 20.5 Å². The van der Waals surface area contributed by atoms with E-state index in [0.29, 0.717) is 18.3 Å². The van der Waals surface area contributed by atoms with Gasteiger partial charge in [-0.3, -0.25) is 4.90 Å². The Hall–Kier alpha value is -1.40. The largest absolute Gasteiger partial charge is 0.476 e. The molecule has 1 aliphatic rings. The molecule has 0 bridgehead atoms. The lowest BCUT2D eigenvalue weighted by atomic mass is 10.2. The zero-order valence-electron chi connectivity index (χ0n) is 10.1. The number of likely N-dealkylation sites (N-methyl/N-ethyl adjacent to an activating group) is 1. The summed E-state index contributed by atoms with van der Waals surface area (Å²) >= 11 is 0. The maximum atomic E-state index is 10.7. The monoisotopic (exact) mass is 239 g/mol. The molecule has 2 heterocycles. The second-order valence-corrected chi connectivity index (χ2v) is 4.62. The quantitative estimate of drug-likeness (QED) is 0.825. The number of hydrogen-bond donors (Lipinski definition) is 1. The van der Waals surface area contributed by atoms with Gasteiger partial charge in [0.2, 0.25) is 0 Å². The minimum Gasteiger partial charge on any atom is -0.476 e. The summed E-state index contributed by atoms with van der Waals surface area (Å²) in [6.07, 6.45) is 1.13. The zero-order valence-corrected chi connectivity index (χ0v) is 10.1. The third-order valence-electron chi connectivity index (χ3n) is 3.14. The highest BCUT2D eigenvalue weighted by molar-refractivity contribution is 5.85. The third-order valence-corrected chi connectivity index (χ3v) is 3.14. The fourth-order valence-corrected chi connectivity index (χ4v) is 2.09. The Labute approximate surface area is 99.8 Å². The van der Waals surface area contributed by atoms with Crippen LogP contribution in [0.2, 0.25) is 0 Å². The van der Waals surface area contributed by atoms with Crippen molar-refractivity contribution in [2.45, 2.75) is 19.0 Å². The molecule has 17 heavy (non-hydrogen) atoms. The van der Waals surface area contributed by atoms with Crippen molar-refractivity contribution in [1.29, 1.82) is 0 Å². The Morgan fingerprint density at radius 3 is 3.00 bits per heavy atom. The summed E-state index contributed by atoms with van der Waals surface area (Å²) in [5.41, 5.74) is -0.0247. The van der Waals surface area contributed by atoms with Gasteiger partial charge < -0.3 is 14.5 Å². The molecule has 1 N–H and O–H groups in total. The second kappa shape index (κ2) is 4.85. The summed E-state index contributed by atoms with van der Waals surface area (Å²) in [5.74, 6) is -0.436. The lowest BCUT2D eigenvalue weighted by Crippen LogP contribution is -2.31. The average Bonchev–Trinajstić information content (AvgIpc) is 2.87. The first-order valence-electron chi connectivity index (χ1n) is 5.64. The van der Waals surface area contributed by atoms with Gasteiger partial charge >= 0.3 is 5.97 Å². The highest BCUT2D eigenvalue weighted by Crippen LogP contribution is 2.16. The van der Waals surface area contributed by atoms with E-state index in [-0.39, 0.29) is 5.69 Å². The van der Waals surface area contributed by atoms with Crippen molar-refractivity contribution in [3.63, 3.8) is 0 Å². The molecule has 94 valence electrons. The molecular weight excluding hydrogens is 222 g/mol. The number of carboxylic acid groups (broad SMARTS) is 1. The minimum atomic E-state index is -1.05. The van der Waals surface area contributed by atoms with Crippen LogP contribution in [0, 0.1) is 0 Å². The van der Waals surface area contributed by atoms with Crippen molar-refractivity contribution in [2.24, 2.45) is 0 Å². The van der Waals surface area contributed by atoms with Crippen molar-refractivity contribution in [3.8, 4) is 0 Å². The van der Waals surface area contributed by atoms with Gasteiger partial charge in [0, 0.05) is 25.2 Å². The van der Waals surface area contributed by atoms with Crippen LogP contribution >= 0.6 is 0 Å². The molecule has 1 aromatic heterocycles. The molecule has 0 spiro atoms. The summed E-state index contributed by atoms with van der Waals surface area (Å²) in [7, 11) is 4.15. The van der Waals surface area contributed by atoms with Crippen molar-refractivity contribution >= 4 is 5.97 Å². The first-order valence-corrected chi connectivity index (χ1v) is 5.64. The smallest absolute Gasteiger partial charge is 0.358 e. The number of nitrogens with zero attached hydrogens (tertiary/aromatic N) is 3. The highest BCUT2D eigenvalue weighted by atomic mass is 16.5. The molecule has 1 fully saturated rings. The van der Waals surface area contributed by atoms with Crippen molar-refractivity contribution in [3.05, 3.63) is 17.5 Å². The molecule has 0 saturated carbocycles. The first kappa shape index (κ1) is 12.1. The maximum Gasteiger partial charge on any atom is 0.358 e. The van der Waals surface area contributed by atoms with Gasteiger partial charge in [0.15, 0.2) is 11.5 Å². The fraction of sp³-hybridized carbons (Fsp3) is 0.636. The predicted octanol–water partition coefficient (Wildman–Crippen LogP) is 0.509. The molecule has 1 saturated heterocycles. The van der Waals surface area contributed by atoms with Gasteiger partial charge in [-0.2, -0.15) is 0 Å². The maximum absolute atomic E-state index is 10.7. The fourth-order valence-electron chi connectivity index (χ4n) is 2.09. The van der Waals surface area contributed by atoms with E-state index in [1.807, 2.05) is 0 Å². The Morgan fingerprint density at radius 2 is 2.47 bits per heavy atom. The number of likely N-dealkylation sites (tertiary alicyclic amines) is 1. The third kappa shape index (κ3) is 2.83. The van der Waals surface area contributed by atoms with E-state index < -0.39 is 5.97 Å². The Balaban J connectivity index is 1.91. The van der Waals surface area contributed by atoms with Gasteiger partial charge in [0.25, 0.3) is 0 Å². The van der Waals surface area contributed by atoms with Crippen LogP contribution in [0.3, 0.4) is 0 Å².